The lowest BCUT2D eigenvalue weighted by Gasteiger charge is -2.14. The van der Waals surface area contributed by atoms with Crippen LogP contribution in [0.2, 0.25) is 0 Å². The molecule has 1 aromatic carbocycles. The van der Waals surface area contributed by atoms with E-state index >= 15 is 0 Å². The SMILES string of the molecule is C=CCCCCCCOc1c[c]ccc1OCC(C)CC. The molecule has 117 valence electrons. The van der Waals surface area contributed by atoms with E-state index in [2.05, 4.69) is 26.5 Å². The molecule has 0 bridgehead atoms. The zero-order valence-corrected chi connectivity index (χ0v) is 13.6. The molecule has 0 aliphatic rings. The molecular formula is C19H29O2. The second-order valence-electron chi connectivity index (χ2n) is 5.54. The maximum Gasteiger partial charge on any atom is 0.161 e. The van der Waals surface area contributed by atoms with Crippen LogP contribution >= 0.6 is 0 Å². The molecule has 1 aromatic rings. The van der Waals surface area contributed by atoms with Crippen molar-refractivity contribution in [3.8, 4) is 11.5 Å². The fourth-order valence-electron chi connectivity index (χ4n) is 1.91. The normalized spacial score (nSPS) is 11.9. The predicted octanol–water partition coefficient (Wildman–Crippen LogP) is 5.43. The van der Waals surface area contributed by atoms with E-state index in [1.165, 1.54) is 19.3 Å². The Hall–Kier alpha value is -1.44. The van der Waals surface area contributed by atoms with Gasteiger partial charge in [0.25, 0.3) is 0 Å². The number of ether oxygens (including phenoxy) is 2. The highest BCUT2D eigenvalue weighted by atomic mass is 16.5. The molecular weight excluding hydrogens is 260 g/mol. The monoisotopic (exact) mass is 289 g/mol. The number of unbranched alkanes of at least 4 members (excludes halogenated alkanes) is 4. The Kier molecular flexibility index (Phi) is 9.43. The molecule has 0 N–H and O–H groups in total. The van der Waals surface area contributed by atoms with Crippen molar-refractivity contribution in [1.82, 2.24) is 0 Å². The van der Waals surface area contributed by atoms with Gasteiger partial charge < -0.3 is 9.47 Å². The van der Waals surface area contributed by atoms with E-state index in [1.807, 2.05) is 24.3 Å². The Balaban J connectivity index is 2.28. The van der Waals surface area contributed by atoms with Crippen molar-refractivity contribution in [2.75, 3.05) is 13.2 Å². The molecule has 0 amide bonds. The van der Waals surface area contributed by atoms with Crippen LogP contribution in [0.15, 0.2) is 30.9 Å². The topological polar surface area (TPSA) is 18.5 Å². The van der Waals surface area contributed by atoms with Crippen LogP contribution in [-0.2, 0) is 0 Å². The van der Waals surface area contributed by atoms with Crippen LogP contribution in [0.25, 0.3) is 0 Å². The molecule has 1 unspecified atom stereocenters. The summed E-state index contributed by atoms with van der Waals surface area (Å²) in [5, 5.41) is 0. The summed E-state index contributed by atoms with van der Waals surface area (Å²) in [7, 11) is 0. The van der Waals surface area contributed by atoms with Crippen molar-refractivity contribution in [2.24, 2.45) is 5.92 Å². The number of hydrogen-bond acceptors (Lipinski definition) is 2. The van der Waals surface area contributed by atoms with Gasteiger partial charge in [0.2, 0.25) is 0 Å². The molecule has 1 atom stereocenters. The quantitative estimate of drug-likeness (QED) is 0.377. The summed E-state index contributed by atoms with van der Waals surface area (Å²) < 4.78 is 11.7. The average molecular weight is 289 g/mol. The van der Waals surface area contributed by atoms with Gasteiger partial charge in [-0.3, -0.25) is 0 Å². The van der Waals surface area contributed by atoms with Crippen LogP contribution in [-0.4, -0.2) is 13.2 Å². The number of benzene rings is 1. The highest BCUT2D eigenvalue weighted by Crippen LogP contribution is 2.27. The van der Waals surface area contributed by atoms with Gasteiger partial charge in [0, 0.05) is 0 Å². The van der Waals surface area contributed by atoms with Gasteiger partial charge in [-0.05, 0) is 43.4 Å². The van der Waals surface area contributed by atoms with E-state index < -0.39 is 0 Å². The van der Waals surface area contributed by atoms with Gasteiger partial charge in [0.1, 0.15) is 0 Å². The van der Waals surface area contributed by atoms with Crippen molar-refractivity contribution in [1.29, 1.82) is 0 Å². The Bertz CT molecular complexity index is 387. The van der Waals surface area contributed by atoms with Crippen LogP contribution in [0, 0.1) is 12.0 Å². The van der Waals surface area contributed by atoms with Crippen molar-refractivity contribution < 1.29 is 9.47 Å². The van der Waals surface area contributed by atoms with Crippen LogP contribution < -0.4 is 9.47 Å². The van der Waals surface area contributed by atoms with Crippen LogP contribution in [0.5, 0.6) is 11.5 Å². The lowest BCUT2D eigenvalue weighted by atomic mass is 10.1. The molecule has 0 aliphatic heterocycles. The summed E-state index contributed by atoms with van der Waals surface area (Å²) in [6, 6.07) is 8.72. The number of allylic oxidation sites excluding steroid dienone is 1. The van der Waals surface area contributed by atoms with Gasteiger partial charge >= 0.3 is 0 Å². The molecule has 0 saturated carbocycles. The summed E-state index contributed by atoms with van der Waals surface area (Å²) >= 11 is 0. The van der Waals surface area contributed by atoms with Gasteiger partial charge in [-0.2, -0.15) is 0 Å². The third kappa shape index (κ3) is 7.79. The first-order valence-corrected chi connectivity index (χ1v) is 8.14. The molecule has 1 rings (SSSR count). The smallest absolute Gasteiger partial charge is 0.161 e. The van der Waals surface area contributed by atoms with Gasteiger partial charge in [0.05, 0.1) is 13.2 Å². The standard InChI is InChI=1S/C19H29O2/c1-4-6-7-8-9-12-15-20-18-13-10-11-14-19(18)21-16-17(3)5-2/h4,11,13-14,17H,1,5-9,12,15-16H2,2-3H3. The van der Waals surface area contributed by atoms with E-state index in [4.69, 9.17) is 9.47 Å². The van der Waals surface area contributed by atoms with E-state index in [1.54, 1.807) is 0 Å². The Morgan fingerprint density at radius 1 is 1.19 bits per heavy atom. The molecule has 0 spiro atoms. The zero-order valence-electron chi connectivity index (χ0n) is 13.6. The number of rotatable bonds is 12. The molecule has 2 nitrogen and oxygen atoms in total. The third-order valence-electron chi connectivity index (χ3n) is 3.57. The van der Waals surface area contributed by atoms with E-state index in [0.29, 0.717) is 5.92 Å². The average Bonchev–Trinajstić information content (AvgIpc) is 2.52. The first-order chi connectivity index (χ1) is 10.3. The zero-order chi connectivity index (χ0) is 15.3. The molecule has 0 fully saturated rings. The van der Waals surface area contributed by atoms with E-state index in [9.17, 15) is 0 Å². The van der Waals surface area contributed by atoms with E-state index in [-0.39, 0.29) is 0 Å². The minimum absolute atomic E-state index is 0.562. The van der Waals surface area contributed by atoms with Gasteiger partial charge in [-0.1, -0.05) is 45.3 Å². The molecule has 21 heavy (non-hydrogen) atoms. The molecule has 2 heteroatoms. The third-order valence-corrected chi connectivity index (χ3v) is 3.57. The van der Waals surface area contributed by atoms with Gasteiger partial charge in [0.15, 0.2) is 11.5 Å². The summed E-state index contributed by atoms with van der Waals surface area (Å²) in [6.45, 7) is 9.58. The maximum absolute atomic E-state index is 5.84. The predicted molar refractivity (Wildman–Crippen MR) is 89.0 cm³/mol. The fraction of sp³-hybridized carbons (Fsp3) is 0.579. The van der Waals surface area contributed by atoms with Gasteiger partial charge in [-0.25, -0.2) is 0 Å². The highest BCUT2D eigenvalue weighted by Gasteiger charge is 2.06. The first-order valence-electron chi connectivity index (χ1n) is 8.14. The second-order valence-corrected chi connectivity index (χ2v) is 5.54. The van der Waals surface area contributed by atoms with Crippen LogP contribution in [0.4, 0.5) is 0 Å². The summed E-state index contributed by atoms with van der Waals surface area (Å²) in [6.07, 6.45) is 8.98. The molecule has 1 radical (unpaired) electrons. The van der Waals surface area contributed by atoms with Gasteiger partial charge in [-0.15, -0.1) is 6.58 Å². The largest absolute Gasteiger partial charge is 0.490 e. The summed E-state index contributed by atoms with van der Waals surface area (Å²) in [5.41, 5.74) is 0. The second kappa shape index (κ2) is 11.2. The molecule has 0 saturated heterocycles. The molecule has 0 heterocycles. The fourth-order valence-corrected chi connectivity index (χ4v) is 1.91. The number of hydrogen-bond donors (Lipinski definition) is 0. The Labute approximate surface area is 130 Å². The van der Waals surface area contributed by atoms with E-state index in [0.717, 1.165) is 44.0 Å². The lowest BCUT2D eigenvalue weighted by Crippen LogP contribution is -2.08. The minimum Gasteiger partial charge on any atom is -0.490 e. The highest BCUT2D eigenvalue weighted by molar-refractivity contribution is 5.38. The Morgan fingerprint density at radius 3 is 2.76 bits per heavy atom. The summed E-state index contributed by atoms with van der Waals surface area (Å²) in [5.74, 6) is 2.21. The van der Waals surface area contributed by atoms with Crippen molar-refractivity contribution in [3.05, 3.63) is 36.9 Å². The molecule has 0 aromatic heterocycles. The van der Waals surface area contributed by atoms with Crippen molar-refractivity contribution >= 4 is 0 Å². The maximum atomic E-state index is 5.84. The van der Waals surface area contributed by atoms with Crippen molar-refractivity contribution in [2.45, 2.75) is 52.4 Å². The minimum atomic E-state index is 0.562. The van der Waals surface area contributed by atoms with Crippen molar-refractivity contribution in [3.63, 3.8) is 0 Å². The van der Waals surface area contributed by atoms with Crippen LogP contribution in [0.1, 0.15) is 52.4 Å². The molecule has 0 aliphatic carbocycles. The summed E-state index contributed by atoms with van der Waals surface area (Å²) in [4.78, 5) is 0. The van der Waals surface area contributed by atoms with Crippen LogP contribution in [0.3, 0.4) is 0 Å². The Morgan fingerprint density at radius 2 is 2.00 bits per heavy atom. The first kappa shape index (κ1) is 17.6. The lowest BCUT2D eigenvalue weighted by molar-refractivity contribution is 0.232.